The summed E-state index contributed by atoms with van der Waals surface area (Å²) in [7, 11) is 0. The monoisotopic (exact) mass is 306 g/mol. The maximum absolute atomic E-state index is 13.5. The lowest BCUT2D eigenvalue weighted by atomic mass is 10.1. The van der Waals surface area contributed by atoms with Crippen molar-refractivity contribution in [3.05, 3.63) is 57.1 Å². The van der Waals surface area contributed by atoms with E-state index < -0.39 is 5.82 Å². The molecule has 0 saturated carbocycles. The number of benzene rings is 2. The molecule has 1 N–H and O–H groups in total. The van der Waals surface area contributed by atoms with Crippen LogP contribution in [0.5, 0.6) is 0 Å². The zero-order chi connectivity index (χ0) is 14.4. The summed E-state index contributed by atoms with van der Waals surface area (Å²) in [4.78, 5) is 3.01. The minimum atomic E-state index is -0.456. The lowest BCUT2D eigenvalue weighted by Gasteiger charge is -2.08. The van der Waals surface area contributed by atoms with Gasteiger partial charge in [-0.15, -0.1) is 0 Å². The molecule has 0 fully saturated rings. The fraction of sp³-hybridized carbons (Fsp3) is 0.133. The van der Waals surface area contributed by atoms with Crippen LogP contribution < -0.4 is 0 Å². The molecule has 3 rings (SSSR count). The number of aromatic amines is 1. The normalized spacial score (nSPS) is 11.2. The van der Waals surface area contributed by atoms with Crippen molar-refractivity contribution in [3.8, 4) is 5.69 Å². The Morgan fingerprint density at radius 2 is 1.75 bits per heavy atom. The van der Waals surface area contributed by atoms with Crippen LogP contribution >= 0.6 is 23.8 Å². The smallest absolute Gasteiger partial charge is 0.182 e. The van der Waals surface area contributed by atoms with Crippen molar-refractivity contribution in [2.24, 2.45) is 0 Å². The molecular weight excluding hydrogens is 295 g/mol. The summed E-state index contributed by atoms with van der Waals surface area (Å²) >= 11 is 11.2. The molecule has 3 aromatic rings. The van der Waals surface area contributed by atoms with E-state index in [1.807, 2.05) is 30.5 Å². The van der Waals surface area contributed by atoms with Crippen LogP contribution in [0.4, 0.5) is 4.39 Å². The Morgan fingerprint density at radius 1 is 1.10 bits per heavy atom. The Kier molecular flexibility index (Phi) is 3.15. The van der Waals surface area contributed by atoms with E-state index >= 15 is 0 Å². The molecule has 2 nitrogen and oxygen atoms in total. The van der Waals surface area contributed by atoms with E-state index in [0.717, 1.165) is 22.3 Å². The van der Waals surface area contributed by atoms with Crippen LogP contribution in [0.15, 0.2) is 30.3 Å². The van der Waals surface area contributed by atoms with Gasteiger partial charge in [-0.2, -0.15) is 0 Å². The van der Waals surface area contributed by atoms with Crippen LogP contribution in [0.25, 0.3) is 16.7 Å². The fourth-order valence-electron chi connectivity index (χ4n) is 2.44. The van der Waals surface area contributed by atoms with Crippen molar-refractivity contribution >= 4 is 34.9 Å². The van der Waals surface area contributed by atoms with Crippen LogP contribution in [0.2, 0.25) is 5.02 Å². The second-order valence-corrected chi connectivity index (χ2v) is 5.69. The van der Waals surface area contributed by atoms with Gasteiger partial charge in [0.15, 0.2) is 4.77 Å². The van der Waals surface area contributed by atoms with Crippen molar-refractivity contribution in [3.63, 3.8) is 0 Å². The molecule has 102 valence electrons. The van der Waals surface area contributed by atoms with Gasteiger partial charge in [-0.05, 0) is 55.4 Å². The predicted octanol–water partition coefficient (Wildman–Crippen LogP) is 5.10. The summed E-state index contributed by atoms with van der Waals surface area (Å²) in [5.74, 6) is -0.456. The number of aromatic nitrogens is 2. The highest BCUT2D eigenvalue weighted by molar-refractivity contribution is 7.71. The molecule has 0 aliphatic rings. The van der Waals surface area contributed by atoms with E-state index in [1.54, 1.807) is 6.07 Å². The number of aryl methyl sites for hydroxylation is 2. The molecule has 0 unspecified atom stereocenters. The van der Waals surface area contributed by atoms with Gasteiger partial charge >= 0.3 is 0 Å². The average Bonchev–Trinajstić information content (AvgIpc) is 2.64. The first-order valence-electron chi connectivity index (χ1n) is 6.14. The molecule has 20 heavy (non-hydrogen) atoms. The van der Waals surface area contributed by atoms with E-state index in [-0.39, 0.29) is 5.02 Å². The molecule has 2 aromatic carbocycles. The van der Waals surface area contributed by atoms with Crippen molar-refractivity contribution in [1.29, 1.82) is 0 Å². The first-order valence-corrected chi connectivity index (χ1v) is 6.93. The minimum absolute atomic E-state index is 0.0876. The topological polar surface area (TPSA) is 20.7 Å². The molecule has 0 atom stereocenters. The van der Waals surface area contributed by atoms with Crippen molar-refractivity contribution < 1.29 is 4.39 Å². The molecule has 0 amide bonds. The second-order valence-electron chi connectivity index (χ2n) is 4.89. The number of nitrogens with zero attached hydrogens (tertiary/aromatic N) is 1. The number of hydrogen-bond donors (Lipinski definition) is 1. The van der Waals surface area contributed by atoms with Crippen LogP contribution in [-0.4, -0.2) is 9.55 Å². The van der Waals surface area contributed by atoms with Crippen molar-refractivity contribution in [2.75, 3.05) is 0 Å². The van der Waals surface area contributed by atoms with Gasteiger partial charge in [-0.3, -0.25) is 4.57 Å². The lowest BCUT2D eigenvalue weighted by molar-refractivity contribution is 0.630. The fourth-order valence-corrected chi connectivity index (χ4v) is 2.91. The summed E-state index contributed by atoms with van der Waals surface area (Å²) in [6, 6.07) is 9.12. The van der Waals surface area contributed by atoms with Crippen molar-refractivity contribution in [2.45, 2.75) is 13.8 Å². The number of hydrogen-bond acceptors (Lipinski definition) is 1. The summed E-state index contributed by atoms with van der Waals surface area (Å²) < 4.78 is 15.9. The van der Waals surface area contributed by atoms with Gasteiger partial charge in [-0.25, -0.2) is 4.39 Å². The van der Waals surface area contributed by atoms with E-state index in [4.69, 9.17) is 23.8 Å². The Morgan fingerprint density at radius 3 is 2.40 bits per heavy atom. The van der Waals surface area contributed by atoms with Gasteiger partial charge in [0.05, 0.1) is 16.1 Å². The van der Waals surface area contributed by atoms with Gasteiger partial charge in [0, 0.05) is 11.8 Å². The molecule has 1 heterocycles. The van der Waals surface area contributed by atoms with Crippen LogP contribution in [0.3, 0.4) is 0 Å². The van der Waals surface area contributed by atoms with E-state index in [2.05, 4.69) is 11.1 Å². The third-order valence-corrected chi connectivity index (χ3v) is 3.76. The Labute approximate surface area is 125 Å². The highest BCUT2D eigenvalue weighted by Crippen LogP contribution is 2.26. The molecule has 0 spiro atoms. The minimum Gasteiger partial charge on any atom is -0.330 e. The van der Waals surface area contributed by atoms with Crippen LogP contribution in [0.1, 0.15) is 11.1 Å². The zero-order valence-electron chi connectivity index (χ0n) is 11.0. The molecule has 5 heteroatoms. The molecule has 0 bridgehead atoms. The number of imidazole rings is 1. The van der Waals surface area contributed by atoms with Gasteiger partial charge in [0.1, 0.15) is 5.82 Å². The van der Waals surface area contributed by atoms with Gasteiger partial charge in [0.25, 0.3) is 0 Å². The summed E-state index contributed by atoms with van der Waals surface area (Å²) in [6.45, 7) is 4.06. The average molecular weight is 307 g/mol. The first-order chi connectivity index (χ1) is 9.45. The maximum Gasteiger partial charge on any atom is 0.182 e. The Bertz CT molecular complexity index is 859. The molecule has 1 aromatic heterocycles. The SMILES string of the molecule is Cc1cc(C)cc(-n2c(=S)[nH]c3cc(F)c(Cl)cc32)c1. The Hall–Kier alpha value is -1.65. The molecule has 0 aliphatic carbocycles. The van der Waals surface area contributed by atoms with Crippen LogP contribution in [-0.2, 0) is 0 Å². The maximum atomic E-state index is 13.5. The molecule has 0 saturated heterocycles. The number of halogens is 2. The number of nitrogens with one attached hydrogen (secondary N) is 1. The Balaban J connectivity index is 2.38. The van der Waals surface area contributed by atoms with Gasteiger partial charge in [-0.1, -0.05) is 17.7 Å². The molecule has 0 radical (unpaired) electrons. The summed E-state index contributed by atoms with van der Waals surface area (Å²) in [5, 5.41) is 0.0876. The van der Waals surface area contributed by atoms with E-state index in [9.17, 15) is 4.39 Å². The quantitative estimate of drug-likeness (QED) is 0.620. The second kappa shape index (κ2) is 4.72. The number of fused-ring (bicyclic) bond motifs is 1. The first kappa shape index (κ1) is 13.3. The standard InChI is InChI=1S/C15H12ClFN2S/c1-8-3-9(2)5-10(4-8)19-14-6-11(16)12(17)7-13(14)18-15(19)20/h3-7H,1-2H3,(H,18,20). The summed E-state index contributed by atoms with van der Waals surface area (Å²) in [6.07, 6.45) is 0. The van der Waals surface area contributed by atoms with Crippen molar-refractivity contribution in [1.82, 2.24) is 9.55 Å². The molecule has 0 aliphatic heterocycles. The van der Waals surface area contributed by atoms with Gasteiger partial charge in [0.2, 0.25) is 0 Å². The number of H-pyrrole nitrogens is 1. The largest absolute Gasteiger partial charge is 0.330 e. The zero-order valence-corrected chi connectivity index (χ0v) is 12.6. The summed E-state index contributed by atoms with van der Waals surface area (Å²) in [5.41, 5.74) is 4.64. The lowest BCUT2D eigenvalue weighted by Crippen LogP contribution is -1.95. The third kappa shape index (κ3) is 2.15. The van der Waals surface area contributed by atoms with E-state index in [0.29, 0.717) is 10.3 Å². The predicted molar refractivity (Wildman–Crippen MR) is 82.9 cm³/mol. The number of rotatable bonds is 1. The third-order valence-electron chi connectivity index (χ3n) is 3.19. The van der Waals surface area contributed by atoms with E-state index in [1.165, 1.54) is 6.07 Å². The molecular formula is C15H12ClFN2S. The van der Waals surface area contributed by atoms with Crippen LogP contribution in [0, 0.1) is 24.4 Å². The highest BCUT2D eigenvalue weighted by atomic mass is 35.5. The highest BCUT2D eigenvalue weighted by Gasteiger charge is 2.11. The van der Waals surface area contributed by atoms with Gasteiger partial charge < -0.3 is 4.98 Å².